The fourth-order valence-corrected chi connectivity index (χ4v) is 2.16. The van der Waals surface area contributed by atoms with E-state index >= 15 is 0 Å². The van der Waals surface area contributed by atoms with Crippen LogP contribution in [0.3, 0.4) is 0 Å². The second-order valence-electron chi connectivity index (χ2n) is 4.65. The van der Waals surface area contributed by atoms with E-state index in [4.69, 9.17) is 9.84 Å². The molecule has 5 nitrogen and oxygen atoms in total. The van der Waals surface area contributed by atoms with E-state index in [1.54, 1.807) is 19.1 Å². The van der Waals surface area contributed by atoms with Crippen molar-refractivity contribution < 1.29 is 19.4 Å². The van der Waals surface area contributed by atoms with Gasteiger partial charge in [0.1, 0.15) is 6.10 Å². The zero-order valence-electron chi connectivity index (χ0n) is 10.8. The number of benzene rings is 1. The summed E-state index contributed by atoms with van der Waals surface area (Å²) in [5.74, 6) is -1.32. The highest BCUT2D eigenvalue weighted by Crippen LogP contribution is 2.22. The lowest BCUT2D eigenvalue weighted by atomic mass is 10.1. The quantitative estimate of drug-likeness (QED) is 0.876. The van der Waals surface area contributed by atoms with E-state index in [2.05, 4.69) is 5.32 Å². The van der Waals surface area contributed by atoms with Gasteiger partial charge in [-0.2, -0.15) is 0 Å². The topological polar surface area (TPSA) is 75.6 Å². The molecule has 5 heteroatoms. The van der Waals surface area contributed by atoms with Crippen LogP contribution in [-0.2, 0) is 9.53 Å². The molecule has 0 aromatic heterocycles. The summed E-state index contributed by atoms with van der Waals surface area (Å²) < 4.78 is 5.39. The summed E-state index contributed by atoms with van der Waals surface area (Å²) in [6, 6.07) is 4.90. The Kier molecular flexibility index (Phi) is 4.16. The maximum atomic E-state index is 12.1. The summed E-state index contributed by atoms with van der Waals surface area (Å²) in [5, 5.41) is 11.8. The molecule has 0 saturated carbocycles. The first-order valence-corrected chi connectivity index (χ1v) is 6.35. The number of nitrogens with one attached hydrogen (secondary N) is 1. The van der Waals surface area contributed by atoms with Gasteiger partial charge in [-0.1, -0.05) is 12.1 Å². The molecule has 0 spiro atoms. The van der Waals surface area contributed by atoms with E-state index in [9.17, 15) is 9.59 Å². The number of ether oxygens (including phenoxy) is 1. The molecule has 102 valence electrons. The highest BCUT2D eigenvalue weighted by molar-refractivity contribution is 6.02. The molecule has 1 aromatic carbocycles. The van der Waals surface area contributed by atoms with Crippen molar-refractivity contribution >= 4 is 17.6 Å². The van der Waals surface area contributed by atoms with Crippen LogP contribution < -0.4 is 5.32 Å². The molecule has 1 aliphatic rings. The van der Waals surface area contributed by atoms with Gasteiger partial charge in [0.2, 0.25) is 0 Å². The molecule has 1 heterocycles. The molecule has 1 saturated heterocycles. The number of amides is 1. The maximum Gasteiger partial charge on any atom is 0.337 e. The first-order valence-electron chi connectivity index (χ1n) is 6.35. The van der Waals surface area contributed by atoms with Gasteiger partial charge in [-0.3, -0.25) is 4.79 Å². The highest BCUT2D eigenvalue weighted by Gasteiger charge is 2.24. The van der Waals surface area contributed by atoms with Crippen LogP contribution in [0.5, 0.6) is 0 Å². The molecular formula is C14H17NO4. The van der Waals surface area contributed by atoms with Crippen LogP contribution in [0.1, 0.15) is 35.2 Å². The van der Waals surface area contributed by atoms with Gasteiger partial charge in [-0.05, 0) is 37.8 Å². The highest BCUT2D eigenvalue weighted by atomic mass is 16.5. The van der Waals surface area contributed by atoms with Crippen LogP contribution in [0.15, 0.2) is 18.2 Å². The van der Waals surface area contributed by atoms with E-state index in [0.717, 1.165) is 18.4 Å². The molecule has 1 amide bonds. The minimum atomic E-state index is -1.05. The Bertz CT molecular complexity index is 492. The average Bonchev–Trinajstić information content (AvgIpc) is 2.41. The van der Waals surface area contributed by atoms with E-state index in [0.29, 0.717) is 18.7 Å². The number of carboxylic acids is 1. The Morgan fingerprint density at radius 3 is 2.79 bits per heavy atom. The Morgan fingerprint density at radius 1 is 1.37 bits per heavy atom. The lowest BCUT2D eigenvalue weighted by Gasteiger charge is -2.22. The number of para-hydroxylation sites is 1. The SMILES string of the molecule is Cc1cccc(C(=O)O)c1NC(=O)C1CCCCO1. The van der Waals surface area contributed by atoms with Crippen molar-refractivity contribution in [3.63, 3.8) is 0 Å². The van der Waals surface area contributed by atoms with Crippen LogP contribution in [-0.4, -0.2) is 29.7 Å². The van der Waals surface area contributed by atoms with E-state index < -0.39 is 12.1 Å². The molecular weight excluding hydrogens is 246 g/mol. The van der Waals surface area contributed by atoms with Crippen molar-refractivity contribution in [1.29, 1.82) is 0 Å². The van der Waals surface area contributed by atoms with Gasteiger partial charge in [0.15, 0.2) is 0 Å². The molecule has 1 atom stereocenters. The van der Waals surface area contributed by atoms with Gasteiger partial charge >= 0.3 is 5.97 Å². The van der Waals surface area contributed by atoms with Gasteiger partial charge in [0.25, 0.3) is 5.91 Å². The first-order chi connectivity index (χ1) is 9.09. The number of carboxylic acid groups (broad SMARTS) is 1. The lowest BCUT2D eigenvalue weighted by Crippen LogP contribution is -2.33. The standard InChI is InChI=1S/C14H17NO4/c1-9-5-4-6-10(14(17)18)12(9)15-13(16)11-7-2-3-8-19-11/h4-6,11H,2-3,7-8H2,1H3,(H,15,16)(H,17,18). The average molecular weight is 263 g/mol. The van der Waals surface area contributed by atoms with Crippen LogP contribution >= 0.6 is 0 Å². The molecule has 19 heavy (non-hydrogen) atoms. The second kappa shape index (κ2) is 5.84. The summed E-state index contributed by atoms with van der Waals surface area (Å²) in [5.41, 5.74) is 1.18. The Morgan fingerprint density at radius 2 is 2.16 bits per heavy atom. The number of carbonyl (C=O) groups excluding carboxylic acids is 1. The third-order valence-electron chi connectivity index (χ3n) is 3.22. The lowest BCUT2D eigenvalue weighted by molar-refractivity contribution is -0.129. The molecule has 0 radical (unpaired) electrons. The zero-order chi connectivity index (χ0) is 13.8. The van der Waals surface area contributed by atoms with Crippen molar-refractivity contribution in [2.45, 2.75) is 32.3 Å². The first kappa shape index (κ1) is 13.5. The molecule has 1 unspecified atom stereocenters. The number of aryl methyl sites for hydroxylation is 1. The molecule has 1 aromatic rings. The molecule has 1 fully saturated rings. The van der Waals surface area contributed by atoms with Crippen LogP contribution in [0.2, 0.25) is 0 Å². The molecule has 1 aliphatic heterocycles. The molecule has 2 rings (SSSR count). The van der Waals surface area contributed by atoms with Crippen molar-refractivity contribution in [3.05, 3.63) is 29.3 Å². The van der Waals surface area contributed by atoms with Gasteiger partial charge in [0, 0.05) is 6.61 Å². The van der Waals surface area contributed by atoms with Crippen LogP contribution in [0, 0.1) is 6.92 Å². The van der Waals surface area contributed by atoms with Crippen molar-refractivity contribution in [1.82, 2.24) is 0 Å². The van der Waals surface area contributed by atoms with Gasteiger partial charge in [-0.15, -0.1) is 0 Å². The Balaban J connectivity index is 2.18. The third kappa shape index (κ3) is 3.12. The largest absolute Gasteiger partial charge is 0.478 e. The monoisotopic (exact) mass is 263 g/mol. The minimum absolute atomic E-state index is 0.101. The molecule has 0 bridgehead atoms. The van der Waals surface area contributed by atoms with Crippen molar-refractivity contribution in [2.24, 2.45) is 0 Å². The maximum absolute atomic E-state index is 12.1. The predicted octanol–water partition coefficient (Wildman–Crippen LogP) is 2.20. The second-order valence-corrected chi connectivity index (χ2v) is 4.65. The van der Waals surface area contributed by atoms with Gasteiger partial charge in [-0.25, -0.2) is 4.79 Å². The van der Waals surface area contributed by atoms with Crippen LogP contribution in [0.4, 0.5) is 5.69 Å². The summed E-state index contributed by atoms with van der Waals surface area (Å²) in [6.45, 7) is 2.35. The normalized spacial score (nSPS) is 18.9. The smallest absolute Gasteiger partial charge is 0.337 e. The number of hydrogen-bond acceptors (Lipinski definition) is 3. The summed E-state index contributed by atoms with van der Waals surface area (Å²) >= 11 is 0. The number of aromatic carboxylic acids is 1. The summed E-state index contributed by atoms with van der Waals surface area (Å²) in [6.07, 6.45) is 2.13. The number of carbonyl (C=O) groups is 2. The number of hydrogen-bond donors (Lipinski definition) is 2. The molecule has 0 aliphatic carbocycles. The van der Waals surface area contributed by atoms with Gasteiger partial charge in [0.05, 0.1) is 11.3 Å². The van der Waals surface area contributed by atoms with Crippen molar-refractivity contribution in [3.8, 4) is 0 Å². The predicted molar refractivity (Wildman–Crippen MR) is 70.4 cm³/mol. The van der Waals surface area contributed by atoms with E-state index in [1.807, 2.05) is 0 Å². The fraction of sp³-hybridized carbons (Fsp3) is 0.429. The number of anilines is 1. The minimum Gasteiger partial charge on any atom is -0.478 e. The number of rotatable bonds is 3. The van der Waals surface area contributed by atoms with E-state index in [-0.39, 0.29) is 11.5 Å². The third-order valence-corrected chi connectivity index (χ3v) is 3.22. The summed E-state index contributed by atoms with van der Waals surface area (Å²) in [7, 11) is 0. The Labute approximate surface area is 111 Å². The van der Waals surface area contributed by atoms with Crippen LogP contribution in [0.25, 0.3) is 0 Å². The molecule has 2 N–H and O–H groups in total. The zero-order valence-corrected chi connectivity index (χ0v) is 10.8. The van der Waals surface area contributed by atoms with E-state index in [1.165, 1.54) is 6.07 Å². The van der Waals surface area contributed by atoms with Gasteiger partial charge < -0.3 is 15.2 Å². The Hall–Kier alpha value is -1.88. The summed E-state index contributed by atoms with van der Waals surface area (Å²) in [4.78, 5) is 23.2. The fourth-order valence-electron chi connectivity index (χ4n) is 2.16. The van der Waals surface area contributed by atoms with Crippen molar-refractivity contribution in [2.75, 3.05) is 11.9 Å².